The molecule has 256 valence electrons. The van der Waals surface area contributed by atoms with E-state index >= 15 is 0 Å². The minimum Gasteiger partial charge on any atom is -0.392 e. The van der Waals surface area contributed by atoms with E-state index in [1.165, 1.54) is 31.2 Å². The van der Waals surface area contributed by atoms with E-state index in [0.717, 1.165) is 107 Å². The van der Waals surface area contributed by atoms with Gasteiger partial charge in [0.15, 0.2) is 0 Å². The van der Waals surface area contributed by atoms with Gasteiger partial charge in [0, 0.05) is 29.7 Å². The molecule has 3 aromatic heterocycles. The lowest BCUT2D eigenvalue weighted by atomic mass is 9.72. The van der Waals surface area contributed by atoms with Crippen LogP contribution < -0.4 is 0 Å². The maximum Gasteiger partial charge on any atom is 0.263 e. The van der Waals surface area contributed by atoms with Gasteiger partial charge in [0.05, 0.1) is 58.1 Å². The van der Waals surface area contributed by atoms with Gasteiger partial charge >= 0.3 is 0 Å². The third-order valence-electron chi connectivity index (χ3n) is 10.2. The summed E-state index contributed by atoms with van der Waals surface area (Å²) < 4.78 is 25.3. The highest BCUT2D eigenvalue weighted by Gasteiger charge is 2.37. The third kappa shape index (κ3) is 9.11. The molecule has 3 saturated carbocycles. The van der Waals surface area contributed by atoms with Gasteiger partial charge in [0.1, 0.15) is 6.29 Å². The van der Waals surface area contributed by atoms with Crippen molar-refractivity contribution < 1.29 is 18.7 Å². The summed E-state index contributed by atoms with van der Waals surface area (Å²) in [6.45, 7) is 0.0109. The normalized spacial score (nSPS) is 18.9. The van der Waals surface area contributed by atoms with Crippen LogP contribution >= 0.6 is 0 Å². The molecule has 49 heavy (non-hydrogen) atoms. The number of hydrogen-bond donors (Lipinski definition) is 1. The smallest absolute Gasteiger partial charge is 0.263 e. The summed E-state index contributed by atoms with van der Waals surface area (Å²) in [7, 11) is 0. The lowest BCUT2D eigenvalue weighted by Crippen LogP contribution is -2.28. The van der Waals surface area contributed by atoms with Crippen LogP contribution in [-0.4, -0.2) is 26.3 Å². The Labute approximate surface area is 287 Å². The molecule has 0 aliphatic heterocycles. The van der Waals surface area contributed by atoms with E-state index in [0.29, 0.717) is 11.3 Å². The molecule has 0 aromatic carbocycles. The van der Waals surface area contributed by atoms with E-state index < -0.39 is 22.7 Å². The Balaban J connectivity index is 0.000000166. The van der Waals surface area contributed by atoms with Gasteiger partial charge in [-0.15, -0.1) is 0 Å². The molecule has 0 atom stereocenters. The molecule has 8 nitrogen and oxygen atoms in total. The van der Waals surface area contributed by atoms with Crippen molar-refractivity contribution in [3.8, 4) is 18.2 Å². The molecular formula is C39H44F2N6O2. The minimum atomic E-state index is -2.50. The second-order valence-electron chi connectivity index (χ2n) is 13.3. The number of nitriles is 3. The summed E-state index contributed by atoms with van der Waals surface area (Å²) >= 11 is 0. The molecular weight excluding hydrogens is 622 g/mol. The number of aliphatic hydroxyl groups excluding tert-OH is 1. The van der Waals surface area contributed by atoms with Gasteiger partial charge in [-0.1, -0.05) is 57.8 Å². The summed E-state index contributed by atoms with van der Waals surface area (Å²) in [5.74, 6) is 0. The molecule has 0 radical (unpaired) electrons. The number of aldehydes is 1. The third-order valence-corrected chi connectivity index (χ3v) is 10.2. The number of rotatable bonds is 6. The fourth-order valence-electron chi connectivity index (χ4n) is 7.20. The quantitative estimate of drug-likeness (QED) is 0.257. The number of halogens is 2. The molecule has 0 unspecified atom stereocenters. The number of hydrogen-bond acceptors (Lipinski definition) is 8. The number of carbonyl (C=O) groups excluding carboxylic acids is 1. The Hall–Kier alpha value is -4.59. The van der Waals surface area contributed by atoms with Crippen LogP contribution in [0.5, 0.6) is 0 Å². The van der Waals surface area contributed by atoms with Gasteiger partial charge in [-0.05, 0) is 80.5 Å². The number of carbonyl (C=O) groups is 1. The second-order valence-corrected chi connectivity index (χ2v) is 13.3. The molecule has 0 bridgehead atoms. The van der Waals surface area contributed by atoms with Crippen molar-refractivity contribution in [1.29, 1.82) is 15.8 Å². The highest BCUT2D eigenvalue weighted by molar-refractivity contribution is 5.74. The summed E-state index contributed by atoms with van der Waals surface area (Å²) in [4.78, 5) is 23.4. The van der Waals surface area contributed by atoms with Crippen LogP contribution in [0.25, 0.3) is 0 Å². The Bertz CT molecular complexity index is 1660. The number of nitrogens with zero attached hydrogens (tertiary/aromatic N) is 6. The van der Waals surface area contributed by atoms with Crippen LogP contribution in [-0.2, 0) is 22.9 Å². The van der Waals surface area contributed by atoms with Crippen molar-refractivity contribution in [3.05, 3.63) is 88.8 Å². The Morgan fingerprint density at radius 3 is 1.47 bits per heavy atom. The van der Waals surface area contributed by atoms with Crippen LogP contribution in [0, 0.1) is 34.0 Å². The van der Waals surface area contributed by atoms with Crippen LogP contribution in [0.4, 0.5) is 8.78 Å². The van der Waals surface area contributed by atoms with Gasteiger partial charge in [0.25, 0.3) is 6.43 Å². The van der Waals surface area contributed by atoms with Crippen molar-refractivity contribution >= 4 is 6.29 Å². The van der Waals surface area contributed by atoms with Gasteiger partial charge in [-0.2, -0.15) is 15.8 Å². The monoisotopic (exact) mass is 666 g/mol. The number of pyridine rings is 3. The predicted molar refractivity (Wildman–Crippen MR) is 180 cm³/mol. The first-order valence-electron chi connectivity index (χ1n) is 17.3. The minimum absolute atomic E-state index is 0.0109. The summed E-state index contributed by atoms with van der Waals surface area (Å²) in [6.07, 6.45) is 17.7. The zero-order chi connectivity index (χ0) is 35.2. The summed E-state index contributed by atoms with van der Waals surface area (Å²) in [6, 6.07) is 16.9. The van der Waals surface area contributed by atoms with Crippen molar-refractivity contribution in [2.24, 2.45) is 0 Å². The molecule has 3 heterocycles. The molecule has 3 aromatic rings. The Morgan fingerprint density at radius 1 is 0.653 bits per heavy atom. The Morgan fingerprint density at radius 2 is 1.06 bits per heavy atom. The van der Waals surface area contributed by atoms with Crippen LogP contribution in [0.2, 0.25) is 0 Å². The topological polar surface area (TPSA) is 147 Å². The number of aromatic nitrogens is 3. The first kappa shape index (κ1) is 37.2. The largest absolute Gasteiger partial charge is 0.392 e. The van der Waals surface area contributed by atoms with E-state index in [4.69, 9.17) is 5.11 Å². The molecule has 0 spiro atoms. The fraction of sp³-hybridized carbons (Fsp3) is 0.513. The average molecular weight is 667 g/mol. The first-order valence-corrected chi connectivity index (χ1v) is 17.3. The molecule has 3 fully saturated rings. The van der Waals surface area contributed by atoms with Crippen LogP contribution in [0.1, 0.15) is 141 Å². The zero-order valence-corrected chi connectivity index (χ0v) is 28.0. The van der Waals surface area contributed by atoms with Crippen LogP contribution in [0.15, 0.2) is 55.0 Å². The lowest BCUT2D eigenvalue weighted by molar-refractivity contribution is 0.112. The maximum absolute atomic E-state index is 12.6. The standard InChI is InChI=1S/C13H14F2N2.C13H16N2O.C13H14N2O/c14-12(15)10-4-7-17-11(8-10)13(9-16)5-2-1-3-6-13;2*14-10-13(5-2-1-3-6-13)12-8-11(9-16)4-7-15-12/h4,7-8,12H,1-3,5-6H2;4,7-8,16H,1-3,5-6,9H2;4,7-9H,1-3,5-6H2. The van der Waals surface area contributed by atoms with E-state index in [-0.39, 0.29) is 12.2 Å². The number of aliphatic hydroxyl groups is 1. The second kappa shape index (κ2) is 17.7. The molecule has 3 aliphatic carbocycles. The van der Waals surface area contributed by atoms with E-state index in [9.17, 15) is 29.4 Å². The maximum atomic E-state index is 12.6. The van der Waals surface area contributed by atoms with Crippen molar-refractivity contribution in [1.82, 2.24) is 15.0 Å². The molecule has 6 rings (SSSR count). The average Bonchev–Trinajstić information content (AvgIpc) is 3.19. The van der Waals surface area contributed by atoms with Gasteiger partial charge in [-0.3, -0.25) is 19.7 Å². The highest BCUT2D eigenvalue weighted by Crippen LogP contribution is 2.40. The molecule has 0 saturated heterocycles. The van der Waals surface area contributed by atoms with Crippen molar-refractivity contribution in [2.75, 3.05) is 0 Å². The van der Waals surface area contributed by atoms with Crippen molar-refractivity contribution in [2.45, 2.75) is 126 Å². The van der Waals surface area contributed by atoms with E-state index in [1.54, 1.807) is 30.6 Å². The predicted octanol–water partition coefficient (Wildman–Crippen LogP) is 8.66. The van der Waals surface area contributed by atoms with Gasteiger partial charge in [0.2, 0.25) is 0 Å². The summed E-state index contributed by atoms with van der Waals surface area (Å²) in [5, 5.41) is 37.2. The first-order chi connectivity index (χ1) is 23.8. The van der Waals surface area contributed by atoms with E-state index in [1.807, 2.05) is 6.07 Å². The highest BCUT2D eigenvalue weighted by atomic mass is 19.3. The lowest BCUT2D eigenvalue weighted by Gasteiger charge is -2.30. The van der Waals surface area contributed by atoms with Crippen molar-refractivity contribution in [3.63, 3.8) is 0 Å². The fourth-order valence-corrected chi connectivity index (χ4v) is 7.20. The number of alkyl halides is 2. The molecule has 1 N–H and O–H groups in total. The van der Waals surface area contributed by atoms with E-state index in [2.05, 4.69) is 33.2 Å². The Kier molecular flexibility index (Phi) is 13.5. The molecule has 3 aliphatic rings. The molecule has 0 amide bonds. The molecule has 10 heteroatoms. The summed E-state index contributed by atoms with van der Waals surface area (Å²) in [5.41, 5.74) is 1.98. The van der Waals surface area contributed by atoms with Gasteiger partial charge < -0.3 is 5.11 Å². The van der Waals surface area contributed by atoms with Crippen LogP contribution in [0.3, 0.4) is 0 Å². The SMILES string of the molecule is N#CC1(c2cc(C(F)F)ccn2)CCCCC1.N#CC1(c2cc(C=O)ccn2)CCCCC1.N#CC1(c2cc(CO)ccn2)CCCCC1. The van der Waals surface area contributed by atoms with Gasteiger partial charge in [-0.25, -0.2) is 8.78 Å². The zero-order valence-electron chi connectivity index (χ0n) is 28.0.